The number of carboxylic acid groups (broad SMARTS) is 1. The minimum Gasteiger partial charge on any atom is -0.480 e. The smallest absolute Gasteiger partial charge is 0.408 e. The zero-order valence-corrected chi connectivity index (χ0v) is 14.0. The first-order valence-corrected chi connectivity index (χ1v) is 8.61. The van der Waals surface area contributed by atoms with E-state index in [0.717, 1.165) is 0 Å². The Morgan fingerprint density at radius 1 is 1.24 bits per heavy atom. The fourth-order valence-corrected chi connectivity index (χ4v) is 3.47. The van der Waals surface area contributed by atoms with E-state index in [1.54, 1.807) is 27.7 Å². The second kappa shape index (κ2) is 7.63. The molecule has 0 fully saturated rings. The molecule has 0 aliphatic rings. The van der Waals surface area contributed by atoms with Crippen molar-refractivity contribution in [3.8, 4) is 0 Å². The summed E-state index contributed by atoms with van der Waals surface area (Å²) in [6, 6.07) is -1.52. The molecule has 124 valence electrons. The molecular weight excluding hydrogens is 298 g/mol. The minimum absolute atomic E-state index is 0.0639. The third kappa shape index (κ3) is 9.28. The Bertz CT molecular complexity index is 466. The molecule has 0 aromatic rings. The van der Waals surface area contributed by atoms with Crippen molar-refractivity contribution in [1.29, 1.82) is 0 Å². The highest BCUT2D eigenvalue weighted by atomic mass is 32.2. The fourth-order valence-electron chi connectivity index (χ4n) is 1.50. The number of carbonyl (C=O) groups excluding carboxylic acids is 1. The molecule has 2 N–H and O–H groups in total. The monoisotopic (exact) mass is 323 g/mol. The van der Waals surface area contributed by atoms with E-state index in [0.29, 0.717) is 6.42 Å². The van der Waals surface area contributed by atoms with Gasteiger partial charge in [-0.2, -0.15) is 0 Å². The van der Waals surface area contributed by atoms with E-state index in [9.17, 15) is 18.0 Å². The normalized spacial score (nSPS) is 15.1. The van der Waals surface area contributed by atoms with E-state index < -0.39 is 39.3 Å². The Morgan fingerprint density at radius 3 is 2.14 bits per heavy atom. The molecule has 0 radical (unpaired) electrons. The van der Waals surface area contributed by atoms with Crippen LogP contribution in [0.5, 0.6) is 0 Å². The van der Waals surface area contributed by atoms with Crippen LogP contribution in [-0.2, 0) is 19.4 Å². The summed E-state index contributed by atoms with van der Waals surface area (Å²) in [4.78, 5) is 22.6. The van der Waals surface area contributed by atoms with Gasteiger partial charge in [0.25, 0.3) is 0 Å². The van der Waals surface area contributed by atoms with Gasteiger partial charge in [-0.05, 0) is 26.7 Å². The number of aliphatic carboxylic acids is 1. The molecule has 0 aliphatic carbocycles. The molecule has 0 saturated carbocycles. The third-order valence-electron chi connectivity index (χ3n) is 2.65. The molecule has 1 unspecified atom stereocenters. The summed E-state index contributed by atoms with van der Waals surface area (Å²) in [6.07, 6.45) is -0.273. The van der Waals surface area contributed by atoms with Crippen molar-refractivity contribution in [3.63, 3.8) is 0 Å². The number of carbonyl (C=O) groups is 2. The highest BCUT2D eigenvalue weighted by Gasteiger charge is 2.29. The summed E-state index contributed by atoms with van der Waals surface area (Å²) in [6.45, 7) is 8.51. The number of carboxylic acids is 1. The molecule has 1 amide bonds. The van der Waals surface area contributed by atoms with E-state index in [-0.39, 0.29) is 11.7 Å². The Hall–Kier alpha value is -1.31. The van der Waals surface area contributed by atoms with Gasteiger partial charge in [0.05, 0.1) is 11.5 Å². The van der Waals surface area contributed by atoms with Crippen molar-refractivity contribution in [2.45, 2.75) is 52.7 Å². The first kappa shape index (κ1) is 19.7. The van der Waals surface area contributed by atoms with Crippen LogP contribution in [0, 0.1) is 5.92 Å². The number of hydrogen-bond donors (Lipinski definition) is 2. The summed E-state index contributed by atoms with van der Waals surface area (Å²) in [5.41, 5.74) is -0.789. The van der Waals surface area contributed by atoms with E-state index in [4.69, 9.17) is 9.84 Å². The summed E-state index contributed by atoms with van der Waals surface area (Å²) >= 11 is 0. The number of amides is 1. The topological polar surface area (TPSA) is 110 Å². The average Bonchev–Trinajstić information content (AvgIpc) is 2.24. The summed E-state index contributed by atoms with van der Waals surface area (Å²) in [5, 5.41) is 11.1. The summed E-state index contributed by atoms with van der Waals surface area (Å²) in [7, 11) is -3.58. The van der Waals surface area contributed by atoms with Crippen LogP contribution in [0.4, 0.5) is 4.79 Å². The molecular formula is C13H25NO6S. The molecule has 0 rings (SSSR count). The molecule has 0 aromatic heterocycles. The Balaban J connectivity index is 4.79. The number of ether oxygens (including phenoxy) is 1. The first-order chi connectivity index (χ1) is 9.36. The molecule has 21 heavy (non-hydrogen) atoms. The van der Waals surface area contributed by atoms with Gasteiger partial charge >= 0.3 is 12.1 Å². The van der Waals surface area contributed by atoms with Gasteiger partial charge in [0.2, 0.25) is 0 Å². The predicted octanol–water partition coefficient (Wildman–Crippen LogP) is 1.43. The van der Waals surface area contributed by atoms with Gasteiger partial charge in [0, 0.05) is 0 Å². The largest absolute Gasteiger partial charge is 0.480 e. The van der Waals surface area contributed by atoms with Crippen molar-refractivity contribution in [3.05, 3.63) is 0 Å². The van der Waals surface area contributed by atoms with Gasteiger partial charge in [0.1, 0.15) is 11.6 Å². The second-order valence-corrected chi connectivity index (χ2v) is 8.28. The van der Waals surface area contributed by atoms with Crippen LogP contribution >= 0.6 is 0 Å². The van der Waals surface area contributed by atoms with Crippen molar-refractivity contribution in [2.24, 2.45) is 5.92 Å². The Morgan fingerprint density at radius 2 is 1.76 bits per heavy atom. The molecule has 0 bridgehead atoms. The van der Waals surface area contributed by atoms with Crippen LogP contribution in [-0.4, -0.2) is 48.7 Å². The van der Waals surface area contributed by atoms with Crippen molar-refractivity contribution in [1.82, 2.24) is 5.32 Å². The zero-order valence-electron chi connectivity index (χ0n) is 13.2. The Labute approximate surface area is 126 Å². The number of rotatable bonds is 7. The van der Waals surface area contributed by atoms with E-state index >= 15 is 0 Å². The second-order valence-electron chi connectivity index (χ2n) is 6.13. The maximum Gasteiger partial charge on any atom is 0.408 e. The lowest BCUT2D eigenvalue weighted by Gasteiger charge is -2.22. The standard InChI is InChI=1S/C13H25NO6S/c1-6-9(2)7-21(18,19)8-10(11(15)16)14-12(17)20-13(3,4)5/h9-10H,6-8H2,1-5H3,(H,14,17)(H,15,16)/t9?,10-/m0/s1. The van der Waals surface area contributed by atoms with Crippen LogP contribution in [0.2, 0.25) is 0 Å². The maximum atomic E-state index is 11.9. The molecule has 0 aromatic carbocycles. The van der Waals surface area contributed by atoms with Gasteiger partial charge < -0.3 is 15.2 Å². The zero-order chi connectivity index (χ0) is 16.8. The number of hydrogen-bond acceptors (Lipinski definition) is 5. The van der Waals surface area contributed by atoms with Gasteiger partial charge in [-0.3, -0.25) is 0 Å². The molecule has 8 heteroatoms. The number of alkyl carbamates (subject to hydrolysis) is 1. The molecule has 2 atom stereocenters. The highest BCUT2D eigenvalue weighted by molar-refractivity contribution is 7.91. The van der Waals surface area contributed by atoms with Crippen molar-refractivity contribution >= 4 is 21.9 Å². The van der Waals surface area contributed by atoms with Crippen molar-refractivity contribution < 1.29 is 27.9 Å². The van der Waals surface area contributed by atoms with Gasteiger partial charge in [-0.15, -0.1) is 0 Å². The van der Waals surface area contributed by atoms with E-state index in [1.165, 1.54) is 0 Å². The first-order valence-electron chi connectivity index (χ1n) is 6.79. The molecule has 0 saturated heterocycles. The molecule has 0 spiro atoms. The fraction of sp³-hybridized carbons (Fsp3) is 0.846. The Kier molecular flexibility index (Phi) is 7.15. The number of nitrogens with one attached hydrogen (secondary N) is 1. The van der Waals surface area contributed by atoms with E-state index in [1.807, 2.05) is 6.92 Å². The molecule has 0 heterocycles. The third-order valence-corrected chi connectivity index (χ3v) is 4.56. The van der Waals surface area contributed by atoms with Gasteiger partial charge in [0.15, 0.2) is 9.84 Å². The highest BCUT2D eigenvalue weighted by Crippen LogP contribution is 2.09. The lowest BCUT2D eigenvalue weighted by atomic mass is 10.2. The molecule has 7 nitrogen and oxygen atoms in total. The SMILES string of the molecule is CCC(C)CS(=O)(=O)C[C@H](NC(=O)OC(C)(C)C)C(=O)O. The summed E-state index contributed by atoms with van der Waals surface area (Å²) in [5.74, 6) is -2.23. The van der Waals surface area contributed by atoms with Crippen LogP contribution in [0.1, 0.15) is 41.0 Å². The summed E-state index contributed by atoms with van der Waals surface area (Å²) < 4.78 is 28.8. The van der Waals surface area contributed by atoms with Crippen LogP contribution in [0.15, 0.2) is 0 Å². The lowest BCUT2D eigenvalue weighted by Crippen LogP contribution is -2.47. The lowest BCUT2D eigenvalue weighted by molar-refractivity contribution is -0.138. The van der Waals surface area contributed by atoms with Crippen molar-refractivity contribution in [2.75, 3.05) is 11.5 Å². The van der Waals surface area contributed by atoms with Crippen LogP contribution in [0.25, 0.3) is 0 Å². The van der Waals surface area contributed by atoms with E-state index in [2.05, 4.69) is 5.32 Å². The van der Waals surface area contributed by atoms with Gasteiger partial charge in [-0.25, -0.2) is 18.0 Å². The number of sulfone groups is 1. The minimum atomic E-state index is -3.58. The van der Waals surface area contributed by atoms with Crippen LogP contribution < -0.4 is 5.32 Å². The maximum absolute atomic E-state index is 11.9. The quantitative estimate of drug-likeness (QED) is 0.733. The van der Waals surface area contributed by atoms with Crippen LogP contribution in [0.3, 0.4) is 0 Å². The van der Waals surface area contributed by atoms with Gasteiger partial charge in [-0.1, -0.05) is 20.3 Å². The average molecular weight is 323 g/mol. The predicted molar refractivity (Wildman–Crippen MR) is 78.9 cm³/mol. The molecule has 0 aliphatic heterocycles.